The maximum absolute atomic E-state index is 12.5. The van der Waals surface area contributed by atoms with Crippen molar-refractivity contribution in [1.82, 2.24) is 10.3 Å². The summed E-state index contributed by atoms with van der Waals surface area (Å²) in [6, 6.07) is 7.33. The lowest BCUT2D eigenvalue weighted by Crippen LogP contribution is -2.43. The van der Waals surface area contributed by atoms with Gasteiger partial charge >= 0.3 is 5.97 Å². The number of benzene rings is 1. The molecular weight excluding hydrogens is 424 g/mol. The van der Waals surface area contributed by atoms with Gasteiger partial charge in [0.15, 0.2) is 0 Å². The second-order valence-electron chi connectivity index (χ2n) is 9.43. The van der Waals surface area contributed by atoms with E-state index in [4.69, 9.17) is 4.74 Å². The summed E-state index contributed by atoms with van der Waals surface area (Å²) in [6.07, 6.45) is 19.4. The van der Waals surface area contributed by atoms with Gasteiger partial charge in [0.2, 0.25) is 5.91 Å². The lowest BCUT2D eigenvalue weighted by atomic mass is 10.0. The molecule has 1 amide bonds. The SMILES string of the molecule is CCCCCCCCCCCCCCCC(=O)NC(Cc1c[nH]c2ccccc12)C(=O)OCC. The van der Waals surface area contributed by atoms with Gasteiger partial charge in [-0.25, -0.2) is 4.79 Å². The molecule has 2 aromatic rings. The van der Waals surface area contributed by atoms with E-state index in [-0.39, 0.29) is 11.9 Å². The van der Waals surface area contributed by atoms with E-state index in [0.29, 0.717) is 19.4 Å². The molecule has 0 aliphatic heterocycles. The van der Waals surface area contributed by atoms with Gasteiger partial charge in [-0.1, -0.05) is 102 Å². The molecule has 1 aromatic carbocycles. The topological polar surface area (TPSA) is 71.2 Å². The van der Waals surface area contributed by atoms with Crippen LogP contribution in [0.1, 0.15) is 109 Å². The number of aromatic amines is 1. The second kappa shape index (κ2) is 17.2. The van der Waals surface area contributed by atoms with Crippen molar-refractivity contribution in [2.24, 2.45) is 0 Å². The fourth-order valence-corrected chi connectivity index (χ4v) is 4.53. The molecule has 0 aliphatic rings. The number of aromatic nitrogens is 1. The Morgan fingerprint density at radius 2 is 1.44 bits per heavy atom. The summed E-state index contributed by atoms with van der Waals surface area (Å²) >= 11 is 0. The minimum Gasteiger partial charge on any atom is -0.464 e. The molecule has 1 aromatic heterocycles. The maximum Gasteiger partial charge on any atom is 0.328 e. The first kappa shape index (κ1) is 27.9. The zero-order valence-corrected chi connectivity index (χ0v) is 21.5. The van der Waals surface area contributed by atoms with Gasteiger partial charge in [-0.2, -0.15) is 0 Å². The molecule has 2 rings (SSSR count). The zero-order valence-electron chi connectivity index (χ0n) is 21.5. The number of carbonyl (C=O) groups is 2. The number of unbranched alkanes of at least 4 members (excludes halogenated alkanes) is 12. The van der Waals surface area contributed by atoms with Gasteiger partial charge in [0.05, 0.1) is 6.61 Å². The first-order chi connectivity index (χ1) is 16.7. The number of carbonyl (C=O) groups excluding carboxylic acids is 2. The van der Waals surface area contributed by atoms with E-state index < -0.39 is 6.04 Å². The molecule has 2 N–H and O–H groups in total. The number of para-hydroxylation sites is 1. The monoisotopic (exact) mass is 470 g/mol. The Morgan fingerprint density at radius 3 is 2.06 bits per heavy atom. The Morgan fingerprint density at radius 1 is 0.853 bits per heavy atom. The Hall–Kier alpha value is -2.30. The standard InChI is InChI=1S/C29H46N2O3/c1-3-5-6-7-8-9-10-11-12-13-14-15-16-21-28(32)31-27(29(33)34-4-2)22-24-23-30-26-20-18-17-19-25(24)26/h17-20,23,27,30H,3-16,21-22H2,1-2H3,(H,31,32). The molecular formula is C29H46N2O3. The molecule has 0 radical (unpaired) electrons. The second-order valence-corrected chi connectivity index (χ2v) is 9.43. The largest absolute Gasteiger partial charge is 0.464 e. The molecule has 1 atom stereocenters. The van der Waals surface area contributed by atoms with Crippen LogP contribution in [0.25, 0.3) is 10.9 Å². The summed E-state index contributed by atoms with van der Waals surface area (Å²) in [5.74, 6) is -0.438. The van der Waals surface area contributed by atoms with Crippen molar-refractivity contribution in [1.29, 1.82) is 0 Å². The van der Waals surface area contributed by atoms with Crippen LogP contribution in [0.3, 0.4) is 0 Å². The Kier molecular flexibility index (Phi) is 14.1. The number of rotatable bonds is 19. The smallest absolute Gasteiger partial charge is 0.328 e. The van der Waals surface area contributed by atoms with Crippen molar-refractivity contribution in [2.45, 2.75) is 116 Å². The van der Waals surface area contributed by atoms with Gasteiger partial charge in [0.1, 0.15) is 6.04 Å². The zero-order chi connectivity index (χ0) is 24.4. The van der Waals surface area contributed by atoms with E-state index in [1.165, 1.54) is 70.6 Å². The lowest BCUT2D eigenvalue weighted by Gasteiger charge is -2.17. The summed E-state index contributed by atoms with van der Waals surface area (Å²) in [5.41, 5.74) is 2.04. The van der Waals surface area contributed by atoms with E-state index in [9.17, 15) is 9.59 Å². The minimum atomic E-state index is -0.659. The van der Waals surface area contributed by atoms with Crippen molar-refractivity contribution in [3.63, 3.8) is 0 Å². The number of H-pyrrole nitrogens is 1. The Balaban J connectivity index is 1.62. The molecule has 5 nitrogen and oxygen atoms in total. The van der Waals surface area contributed by atoms with E-state index in [2.05, 4.69) is 17.2 Å². The normalized spacial score (nSPS) is 12.1. The molecule has 5 heteroatoms. The number of esters is 1. The van der Waals surface area contributed by atoms with Crippen LogP contribution in [0.2, 0.25) is 0 Å². The van der Waals surface area contributed by atoms with Gasteiger partial charge in [-0.3, -0.25) is 4.79 Å². The van der Waals surface area contributed by atoms with Gasteiger partial charge in [0, 0.05) is 29.9 Å². The molecule has 0 aliphatic carbocycles. The number of hydrogen-bond acceptors (Lipinski definition) is 3. The predicted octanol–water partition coefficient (Wildman–Crippen LogP) is 7.24. The van der Waals surface area contributed by atoms with Crippen LogP contribution < -0.4 is 5.32 Å². The number of hydrogen-bond donors (Lipinski definition) is 2. The van der Waals surface area contributed by atoms with Crippen molar-refractivity contribution >= 4 is 22.8 Å². The van der Waals surface area contributed by atoms with Crippen molar-refractivity contribution in [2.75, 3.05) is 6.61 Å². The van der Waals surface area contributed by atoms with E-state index in [1.807, 2.05) is 30.5 Å². The first-order valence-electron chi connectivity index (χ1n) is 13.7. The fourth-order valence-electron chi connectivity index (χ4n) is 4.53. The van der Waals surface area contributed by atoms with Crippen LogP contribution >= 0.6 is 0 Å². The summed E-state index contributed by atoms with van der Waals surface area (Å²) in [6.45, 7) is 4.35. The molecule has 0 fully saturated rings. The molecule has 1 unspecified atom stereocenters. The van der Waals surface area contributed by atoms with Crippen LogP contribution in [0.15, 0.2) is 30.5 Å². The van der Waals surface area contributed by atoms with Gasteiger partial charge in [-0.15, -0.1) is 0 Å². The third-order valence-corrected chi connectivity index (χ3v) is 6.51. The van der Waals surface area contributed by atoms with Crippen LogP contribution in [0.5, 0.6) is 0 Å². The third-order valence-electron chi connectivity index (χ3n) is 6.51. The first-order valence-corrected chi connectivity index (χ1v) is 13.7. The lowest BCUT2D eigenvalue weighted by molar-refractivity contribution is -0.147. The quantitative estimate of drug-likeness (QED) is 0.168. The van der Waals surface area contributed by atoms with E-state index in [1.54, 1.807) is 6.92 Å². The van der Waals surface area contributed by atoms with E-state index >= 15 is 0 Å². The molecule has 190 valence electrons. The van der Waals surface area contributed by atoms with Gasteiger partial charge < -0.3 is 15.0 Å². The number of ether oxygens (including phenoxy) is 1. The van der Waals surface area contributed by atoms with Crippen molar-refractivity contribution in [3.05, 3.63) is 36.0 Å². The van der Waals surface area contributed by atoms with Crippen LogP contribution in [0.4, 0.5) is 0 Å². The number of fused-ring (bicyclic) bond motifs is 1. The van der Waals surface area contributed by atoms with E-state index in [0.717, 1.165) is 29.3 Å². The molecule has 0 bridgehead atoms. The Labute approximate surface area is 206 Å². The highest BCUT2D eigenvalue weighted by molar-refractivity contribution is 5.87. The molecule has 0 saturated heterocycles. The third kappa shape index (κ3) is 10.8. The molecule has 0 saturated carbocycles. The predicted molar refractivity (Wildman–Crippen MR) is 141 cm³/mol. The fraction of sp³-hybridized carbons (Fsp3) is 0.655. The van der Waals surface area contributed by atoms with Gasteiger partial charge in [-0.05, 0) is 25.0 Å². The van der Waals surface area contributed by atoms with Crippen LogP contribution in [-0.4, -0.2) is 29.5 Å². The van der Waals surface area contributed by atoms with Crippen LogP contribution in [-0.2, 0) is 20.7 Å². The van der Waals surface area contributed by atoms with Crippen molar-refractivity contribution in [3.8, 4) is 0 Å². The number of nitrogens with one attached hydrogen (secondary N) is 2. The Bertz CT molecular complexity index is 830. The summed E-state index contributed by atoms with van der Waals surface area (Å²) in [4.78, 5) is 28.2. The summed E-state index contributed by atoms with van der Waals surface area (Å²) in [7, 11) is 0. The highest BCUT2D eigenvalue weighted by atomic mass is 16.5. The minimum absolute atomic E-state index is 0.0685. The molecule has 0 spiro atoms. The number of amides is 1. The van der Waals surface area contributed by atoms with Crippen molar-refractivity contribution < 1.29 is 14.3 Å². The molecule has 1 heterocycles. The average Bonchev–Trinajstić information content (AvgIpc) is 3.24. The van der Waals surface area contributed by atoms with Gasteiger partial charge in [0.25, 0.3) is 0 Å². The van der Waals surface area contributed by atoms with Crippen LogP contribution in [0, 0.1) is 0 Å². The molecule has 34 heavy (non-hydrogen) atoms. The average molecular weight is 471 g/mol. The maximum atomic E-state index is 12.5. The highest BCUT2D eigenvalue weighted by Crippen LogP contribution is 2.20. The summed E-state index contributed by atoms with van der Waals surface area (Å²) < 4.78 is 5.22. The summed E-state index contributed by atoms with van der Waals surface area (Å²) in [5, 5.41) is 3.99. The highest BCUT2D eigenvalue weighted by Gasteiger charge is 2.23.